The molecule has 4 unspecified atom stereocenters. The van der Waals surface area contributed by atoms with Gasteiger partial charge >= 0.3 is 5.97 Å². The smallest absolute Gasteiger partial charge is 0.314 e. The summed E-state index contributed by atoms with van der Waals surface area (Å²) in [7, 11) is 0. The summed E-state index contributed by atoms with van der Waals surface area (Å²) in [5, 5.41) is 2.57. The fourth-order valence-electron chi connectivity index (χ4n) is 2.65. The number of carbonyl (C=O) groups is 2. The van der Waals surface area contributed by atoms with Crippen LogP contribution in [0.5, 0.6) is 0 Å². The fraction of sp³-hybridized carbons (Fsp3) is 0.800. The third-order valence-corrected chi connectivity index (χ3v) is 4.19. The maximum absolute atomic E-state index is 11.7. The van der Waals surface area contributed by atoms with Gasteiger partial charge in [-0.3, -0.25) is 9.59 Å². The molecular weight excluding hydrogens is 288 g/mol. The predicted molar refractivity (Wildman–Crippen MR) is 63.9 cm³/mol. The van der Waals surface area contributed by atoms with Crippen LogP contribution >= 0.6 is 34.8 Å². The van der Waals surface area contributed by atoms with E-state index in [2.05, 4.69) is 5.32 Å². The van der Waals surface area contributed by atoms with Crippen LogP contribution in [0.4, 0.5) is 0 Å². The van der Waals surface area contributed by atoms with E-state index >= 15 is 0 Å². The molecule has 1 N–H and O–H groups in total. The van der Waals surface area contributed by atoms with Crippen molar-refractivity contribution in [2.45, 2.75) is 23.7 Å². The first-order chi connectivity index (χ1) is 7.77. The van der Waals surface area contributed by atoms with Gasteiger partial charge < -0.3 is 10.1 Å². The number of amides is 1. The Morgan fingerprint density at radius 3 is 2.41 bits per heavy atom. The van der Waals surface area contributed by atoms with E-state index in [0.29, 0.717) is 6.61 Å². The average molecular weight is 301 g/mol. The van der Waals surface area contributed by atoms with E-state index in [1.807, 2.05) is 6.92 Å². The van der Waals surface area contributed by atoms with E-state index < -0.39 is 15.1 Å². The molecule has 0 bridgehead atoms. The van der Waals surface area contributed by atoms with Crippen molar-refractivity contribution in [1.82, 2.24) is 5.32 Å². The Morgan fingerprint density at radius 1 is 1.41 bits per heavy atom. The maximum Gasteiger partial charge on any atom is 0.314 e. The molecule has 7 heteroatoms. The van der Waals surface area contributed by atoms with Crippen LogP contribution in [0.1, 0.15) is 13.8 Å². The van der Waals surface area contributed by atoms with Crippen molar-refractivity contribution in [3.8, 4) is 0 Å². The highest BCUT2D eigenvalue weighted by molar-refractivity contribution is 6.76. The second-order valence-corrected chi connectivity index (χ2v) is 6.70. The minimum atomic E-state index is -1.99. The quantitative estimate of drug-likeness (QED) is 0.637. The number of rotatable bonds is 3. The molecule has 0 aromatic heterocycles. The summed E-state index contributed by atoms with van der Waals surface area (Å²) in [6, 6.07) is -0.250. The number of hydrogen-bond acceptors (Lipinski definition) is 3. The van der Waals surface area contributed by atoms with Crippen molar-refractivity contribution < 1.29 is 14.3 Å². The van der Waals surface area contributed by atoms with E-state index in [1.54, 1.807) is 6.92 Å². The molecular formula is C10H12Cl3NO3. The molecule has 2 fully saturated rings. The number of halogens is 3. The molecule has 2 aliphatic carbocycles. The maximum atomic E-state index is 11.7. The molecule has 0 aromatic carbocycles. The fourth-order valence-corrected chi connectivity index (χ4v) is 2.81. The monoisotopic (exact) mass is 299 g/mol. The molecule has 4 atom stereocenters. The van der Waals surface area contributed by atoms with Gasteiger partial charge in [-0.05, 0) is 12.8 Å². The van der Waals surface area contributed by atoms with Gasteiger partial charge in [-0.1, -0.05) is 41.7 Å². The highest BCUT2D eigenvalue weighted by Crippen LogP contribution is 2.79. The van der Waals surface area contributed by atoms with Crippen molar-refractivity contribution >= 4 is 46.7 Å². The molecule has 0 heterocycles. The number of carbonyl (C=O) groups excluding carboxylic acids is 2. The third-order valence-electron chi connectivity index (χ3n) is 3.67. The molecule has 96 valence electrons. The zero-order valence-corrected chi connectivity index (χ0v) is 11.6. The summed E-state index contributed by atoms with van der Waals surface area (Å²) in [5.41, 5.74) is -0.568. The Labute approximate surface area is 114 Å². The molecule has 0 radical (unpaired) electrons. The highest BCUT2D eigenvalue weighted by Gasteiger charge is 2.90. The lowest BCUT2D eigenvalue weighted by Gasteiger charge is -2.19. The third kappa shape index (κ3) is 1.81. The zero-order chi connectivity index (χ0) is 13.0. The first-order valence-corrected chi connectivity index (χ1v) is 6.46. The van der Waals surface area contributed by atoms with Crippen molar-refractivity contribution in [3.05, 3.63) is 0 Å². The van der Waals surface area contributed by atoms with Crippen molar-refractivity contribution in [3.63, 3.8) is 0 Å². The van der Waals surface area contributed by atoms with Crippen LogP contribution in [0.2, 0.25) is 0 Å². The van der Waals surface area contributed by atoms with Gasteiger partial charge in [0.05, 0.1) is 18.1 Å². The Morgan fingerprint density at radius 2 is 2.00 bits per heavy atom. The van der Waals surface area contributed by atoms with E-state index in [0.717, 1.165) is 0 Å². The molecule has 17 heavy (non-hydrogen) atoms. The van der Waals surface area contributed by atoms with Crippen LogP contribution in [0.3, 0.4) is 0 Å². The number of ether oxygens (including phenoxy) is 1. The van der Waals surface area contributed by atoms with E-state index in [-0.39, 0.29) is 23.8 Å². The summed E-state index contributed by atoms with van der Waals surface area (Å²) in [6.45, 7) is 4.01. The van der Waals surface area contributed by atoms with Crippen LogP contribution in [0.15, 0.2) is 0 Å². The van der Waals surface area contributed by atoms with Crippen LogP contribution in [-0.4, -0.2) is 28.3 Å². The van der Waals surface area contributed by atoms with Gasteiger partial charge in [0.15, 0.2) is 0 Å². The second kappa shape index (κ2) is 3.90. The van der Waals surface area contributed by atoms with E-state index in [9.17, 15) is 9.59 Å². The minimum absolute atomic E-state index is 0.123. The van der Waals surface area contributed by atoms with Gasteiger partial charge in [0.25, 0.3) is 9.70 Å². The summed E-state index contributed by atoms with van der Waals surface area (Å²) in [4.78, 5) is 23.2. The molecule has 1 amide bonds. The van der Waals surface area contributed by atoms with Crippen LogP contribution in [-0.2, 0) is 14.3 Å². The Bertz CT molecular complexity index is 381. The zero-order valence-electron chi connectivity index (χ0n) is 9.30. The lowest BCUT2D eigenvalue weighted by atomic mass is 10.0. The first kappa shape index (κ1) is 13.2. The van der Waals surface area contributed by atoms with Gasteiger partial charge in [-0.15, -0.1) is 0 Å². The largest absolute Gasteiger partial charge is 0.465 e. The van der Waals surface area contributed by atoms with E-state index in [4.69, 9.17) is 39.5 Å². The van der Waals surface area contributed by atoms with Crippen molar-refractivity contribution in [2.75, 3.05) is 6.61 Å². The van der Waals surface area contributed by atoms with Gasteiger partial charge in [-0.25, -0.2) is 0 Å². The number of alkyl halides is 3. The van der Waals surface area contributed by atoms with E-state index in [1.165, 1.54) is 0 Å². The topological polar surface area (TPSA) is 55.4 Å². The SMILES string of the molecule is CCOC(=O)C12C(C)C1C2NC(=O)C(Cl)(Cl)Cl. The molecule has 0 aromatic rings. The molecule has 0 spiro atoms. The van der Waals surface area contributed by atoms with Crippen LogP contribution in [0, 0.1) is 17.3 Å². The number of nitrogens with one attached hydrogen (secondary N) is 1. The van der Waals surface area contributed by atoms with Gasteiger partial charge in [0.1, 0.15) is 0 Å². The molecule has 2 rings (SSSR count). The average Bonchev–Trinajstić information content (AvgIpc) is 3.04. The summed E-state index contributed by atoms with van der Waals surface area (Å²) >= 11 is 16.3. The Balaban J connectivity index is 1.96. The van der Waals surface area contributed by atoms with Gasteiger partial charge in [-0.2, -0.15) is 0 Å². The highest BCUT2D eigenvalue weighted by atomic mass is 35.6. The summed E-state index contributed by atoms with van der Waals surface area (Å²) < 4.78 is 3.00. The van der Waals surface area contributed by atoms with Crippen LogP contribution in [0.25, 0.3) is 0 Å². The van der Waals surface area contributed by atoms with Crippen molar-refractivity contribution in [2.24, 2.45) is 17.3 Å². The standard InChI is InChI=1S/C10H12Cl3NO3/c1-3-17-8(16)9-4(2)5(9)6(9)14-7(15)10(11,12)13/h4-6H,3H2,1-2H3,(H,14,15). The Hall–Kier alpha value is -0.190. The summed E-state index contributed by atoms with van der Waals surface area (Å²) in [5.74, 6) is -0.622. The van der Waals surface area contributed by atoms with Gasteiger partial charge in [0.2, 0.25) is 0 Å². The molecule has 2 saturated carbocycles. The lowest BCUT2D eigenvalue weighted by Crippen LogP contribution is -2.42. The predicted octanol–water partition coefficient (Wildman–Crippen LogP) is 1.67. The first-order valence-electron chi connectivity index (χ1n) is 5.32. The van der Waals surface area contributed by atoms with Gasteiger partial charge in [0, 0.05) is 5.92 Å². The molecule has 0 aliphatic heterocycles. The number of fused-ring (bicyclic) bond motifs is 1. The number of hydrogen-bond donors (Lipinski definition) is 1. The molecule has 0 saturated heterocycles. The normalized spacial score (nSPS) is 38.1. The molecule has 4 nitrogen and oxygen atoms in total. The minimum Gasteiger partial charge on any atom is -0.465 e. The summed E-state index contributed by atoms with van der Waals surface area (Å²) in [6.07, 6.45) is 0. The van der Waals surface area contributed by atoms with Crippen molar-refractivity contribution in [1.29, 1.82) is 0 Å². The lowest BCUT2D eigenvalue weighted by molar-refractivity contribution is -0.148. The number of esters is 1. The van der Waals surface area contributed by atoms with Crippen LogP contribution < -0.4 is 5.32 Å². The molecule has 2 aliphatic rings. The Kier molecular flexibility index (Phi) is 3.04. The second-order valence-electron chi connectivity index (χ2n) is 4.42.